The van der Waals surface area contributed by atoms with Gasteiger partial charge in [0.1, 0.15) is 17.5 Å². The van der Waals surface area contributed by atoms with Gasteiger partial charge in [-0.1, -0.05) is 18.2 Å². The topological polar surface area (TPSA) is 122 Å². The van der Waals surface area contributed by atoms with E-state index < -0.39 is 17.9 Å². The maximum absolute atomic E-state index is 12.7. The Hall–Kier alpha value is -4.79. The van der Waals surface area contributed by atoms with Crippen molar-refractivity contribution < 1.29 is 28.5 Å². The molecular weight excluding hydrogens is 474 g/mol. The Labute approximate surface area is 214 Å². The Morgan fingerprint density at radius 3 is 2.32 bits per heavy atom. The van der Waals surface area contributed by atoms with E-state index in [9.17, 15) is 9.59 Å². The predicted molar refractivity (Wildman–Crippen MR) is 139 cm³/mol. The van der Waals surface area contributed by atoms with Crippen molar-refractivity contribution in [2.24, 2.45) is 0 Å². The van der Waals surface area contributed by atoms with Crippen LogP contribution in [0.1, 0.15) is 15.9 Å². The Bertz CT molecular complexity index is 1420. The first kappa shape index (κ1) is 25.3. The lowest BCUT2D eigenvalue weighted by Crippen LogP contribution is -2.43. The minimum absolute atomic E-state index is 0.232. The first-order valence-corrected chi connectivity index (χ1v) is 11.4. The van der Waals surface area contributed by atoms with Gasteiger partial charge in [0.25, 0.3) is 5.91 Å². The minimum Gasteiger partial charge on any atom is -0.493 e. The van der Waals surface area contributed by atoms with Gasteiger partial charge in [-0.25, -0.2) is 4.79 Å². The maximum Gasteiger partial charge on any atom is 0.328 e. The van der Waals surface area contributed by atoms with Crippen molar-refractivity contribution in [3.8, 4) is 23.0 Å². The number of hydrogen-bond donors (Lipinski definition) is 2. The maximum atomic E-state index is 12.7. The number of esters is 1. The summed E-state index contributed by atoms with van der Waals surface area (Å²) in [5.41, 5.74) is 8.08. The number of rotatable bonds is 9. The van der Waals surface area contributed by atoms with Gasteiger partial charge in [-0.2, -0.15) is 0 Å². The van der Waals surface area contributed by atoms with Gasteiger partial charge in [0.05, 0.1) is 26.8 Å². The highest BCUT2D eigenvalue weighted by atomic mass is 16.5. The van der Waals surface area contributed by atoms with Crippen molar-refractivity contribution in [1.29, 1.82) is 0 Å². The van der Waals surface area contributed by atoms with Crippen molar-refractivity contribution in [2.45, 2.75) is 12.5 Å². The number of fused-ring (bicyclic) bond motifs is 1. The number of amides is 1. The van der Waals surface area contributed by atoms with E-state index in [1.165, 1.54) is 7.11 Å². The fraction of sp³-hybridized carbons (Fsp3) is 0.179. The number of nitrogens with two attached hydrogens (primary N) is 1. The van der Waals surface area contributed by atoms with Crippen molar-refractivity contribution in [3.05, 3.63) is 84.1 Å². The van der Waals surface area contributed by atoms with Crippen molar-refractivity contribution in [2.75, 3.05) is 27.1 Å². The van der Waals surface area contributed by atoms with Gasteiger partial charge in [-0.15, -0.1) is 0 Å². The molecule has 0 aliphatic rings. The Morgan fingerprint density at radius 1 is 0.919 bits per heavy atom. The van der Waals surface area contributed by atoms with Gasteiger partial charge in [-0.3, -0.25) is 9.78 Å². The molecular formula is C28H27N3O6. The van der Waals surface area contributed by atoms with Crippen LogP contribution >= 0.6 is 0 Å². The number of hydrogen-bond acceptors (Lipinski definition) is 8. The molecule has 190 valence electrons. The lowest BCUT2D eigenvalue weighted by Gasteiger charge is -2.17. The third-order valence-corrected chi connectivity index (χ3v) is 5.74. The first-order valence-electron chi connectivity index (χ1n) is 11.4. The van der Waals surface area contributed by atoms with Crippen LogP contribution in [-0.4, -0.2) is 44.2 Å². The number of ether oxygens (including phenoxy) is 4. The molecule has 1 amide bonds. The third-order valence-electron chi connectivity index (χ3n) is 5.74. The number of methoxy groups -OCH3 is 3. The quantitative estimate of drug-likeness (QED) is 0.259. The number of nitrogens with one attached hydrogen (secondary N) is 1. The van der Waals surface area contributed by atoms with E-state index in [-0.39, 0.29) is 6.42 Å². The van der Waals surface area contributed by atoms with Crippen LogP contribution in [0, 0.1) is 0 Å². The SMILES string of the molecule is COC(=O)C(Cc1ccc(Oc2ccnc3cc(OC)c(OC)cc23)cc1)NC(=O)c1cccc(N)c1. The molecule has 0 aliphatic heterocycles. The molecule has 9 heteroatoms. The van der Waals surface area contributed by atoms with Crippen LogP contribution in [0.25, 0.3) is 10.9 Å². The van der Waals surface area contributed by atoms with Crippen LogP contribution in [0.2, 0.25) is 0 Å². The first-order chi connectivity index (χ1) is 17.9. The van der Waals surface area contributed by atoms with Gasteiger partial charge >= 0.3 is 5.97 Å². The number of nitrogen functional groups attached to an aromatic ring is 1. The zero-order valence-corrected chi connectivity index (χ0v) is 20.7. The number of anilines is 1. The highest BCUT2D eigenvalue weighted by molar-refractivity contribution is 5.97. The zero-order chi connectivity index (χ0) is 26.4. The molecule has 0 aliphatic carbocycles. The normalized spacial score (nSPS) is 11.4. The lowest BCUT2D eigenvalue weighted by molar-refractivity contribution is -0.142. The number of carbonyl (C=O) groups is 2. The molecule has 0 fully saturated rings. The van der Waals surface area contributed by atoms with Crippen LogP contribution in [0.3, 0.4) is 0 Å². The monoisotopic (exact) mass is 501 g/mol. The molecule has 3 N–H and O–H groups in total. The predicted octanol–water partition coefficient (Wildman–Crippen LogP) is 4.14. The van der Waals surface area contributed by atoms with E-state index in [0.29, 0.717) is 39.8 Å². The average molecular weight is 502 g/mol. The second-order valence-corrected chi connectivity index (χ2v) is 8.16. The minimum atomic E-state index is -0.878. The molecule has 0 bridgehead atoms. The van der Waals surface area contributed by atoms with E-state index in [0.717, 1.165) is 10.9 Å². The van der Waals surface area contributed by atoms with Gasteiger partial charge in [-0.05, 0) is 48.0 Å². The molecule has 0 radical (unpaired) electrons. The van der Waals surface area contributed by atoms with Crippen LogP contribution in [0.15, 0.2) is 72.9 Å². The summed E-state index contributed by atoms with van der Waals surface area (Å²) < 4.78 is 21.8. The molecule has 37 heavy (non-hydrogen) atoms. The van der Waals surface area contributed by atoms with Crippen LogP contribution in [-0.2, 0) is 16.0 Å². The largest absolute Gasteiger partial charge is 0.493 e. The summed E-state index contributed by atoms with van der Waals surface area (Å²) in [6.45, 7) is 0. The summed E-state index contributed by atoms with van der Waals surface area (Å²) in [4.78, 5) is 29.4. The molecule has 1 unspecified atom stereocenters. The molecule has 1 atom stereocenters. The molecule has 9 nitrogen and oxygen atoms in total. The highest BCUT2D eigenvalue weighted by Gasteiger charge is 2.23. The van der Waals surface area contributed by atoms with Crippen molar-refractivity contribution in [3.63, 3.8) is 0 Å². The summed E-state index contributed by atoms with van der Waals surface area (Å²) in [5, 5.41) is 3.49. The Morgan fingerprint density at radius 2 is 1.65 bits per heavy atom. The number of pyridine rings is 1. The standard InChI is InChI=1S/C28H27N3O6/c1-34-25-15-21-22(16-26(25)35-2)30-12-11-24(21)37-20-9-7-17(8-10-20)13-23(28(33)36-3)31-27(32)18-5-4-6-19(29)14-18/h4-12,14-16,23H,13,29H2,1-3H3,(H,31,32). The molecule has 4 aromatic rings. The molecule has 0 spiro atoms. The lowest BCUT2D eigenvalue weighted by atomic mass is 10.0. The van der Waals surface area contributed by atoms with Gasteiger partial charge in [0.15, 0.2) is 11.5 Å². The van der Waals surface area contributed by atoms with Gasteiger partial charge in [0.2, 0.25) is 0 Å². The fourth-order valence-electron chi connectivity index (χ4n) is 3.85. The number of aromatic nitrogens is 1. The van der Waals surface area contributed by atoms with Crippen LogP contribution < -0.4 is 25.3 Å². The van der Waals surface area contributed by atoms with Crippen molar-refractivity contribution >= 4 is 28.5 Å². The second kappa shape index (κ2) is 11.3. The summed E-state index contributed by atoms with van der Waals surface area (Å²) in [6, 6.07) is 18.2. The van der Waals surface area contributed by atoms with E-state index in [1.807, 2.05) is 18.2 Å². The molecule has 4 rings (SSSR count). The molecule has 3 aromatic carbocycles. The van der Waals surface area contributed by atoms with Gasteiger partial charge < -0.3 is 30.0 Å². The highest BCUT2D eigenvalue weighted by Crippen LogP contribution is 2.36. The molecule has 0 saturated heterocycles. The zero-order valence-electron chi connectivity index (χ0n) is 20.7. The summed E-state index contributed by atoms with van der Waals surface area (Å²) in [7, 11) is 4.42. The van der Waals surface area contributed by atoms with E-state index in [2.05, 4.69) is 10.3 Å². The van der Waals surface area contributed by atoms with E-state index in [1.54, 1.807) is 68.9 Å². The van der Waals surface area contributed by atoms with Crippen LogP contribution in [0.5, 0.6) is 23.0 Å². The number of nitrogens with zero attached hydrogens (tertiary/aromatic N) is 1. The molecule has 1 aromatic heterocycles. The second-order valence-electron chi connectivity index (χ2n) is 8.16. The summed E-state index contributed by atoms with van der Waals surface area (Å²) >= 11 is 0. The third kappa shape index (κ3) is 5.90. The summed E-state index contributed by atoms with van der Waals surface area (Å²) in [5.74, 6) is 1.36. The Balaban J connectivity index is 1.50. The van der Waals surface area contributed by atoms with Crippen molar-refractivity contribution in [1.82, 2.24) is 10.3 Å². The average Bonchev–Trinajstić information content (AvgIpc) is 2.92. The summed E-state index contributed by atoms with van der Waals surface area (Å²) in [6.07, 6.45) is 1.89. The van der Waals surface area contributed by atoms with E-state index in [4.69, 9.17) is 24.7 Å². The molecule has 1 heterocycles. The van der Waals surface area contributed by atoms with Gasteiger partial charge in [0, 0.05) is 35.3 Å². The Kier molecular flexibility index (Phi) is 7.73. The number of benzene rings is 3. The smallest absolute Gasteiger partial charge is 0.328 e. The number of carbonyl (C=O) groups excluding carboxylic acids is 2. The van der Waals surface area contributed by atoms with E-state index >= 15 is 0 Å². The molecule has 0 saturated carbocycles. The fourth-order valence-corrected chi connectivity index (χ4v) is 3.85. The van der Waals surface area contributed by atoms with Crippen LogP contribution in [0.4, 0.5) is 5.69 Å².